The lowest BCUT2D eigenvalue weighted by molar-refractivity contribution is 0.237. The SMILES string of the molecule is Oc1ccc(CCCCN2CCNCC2)cc1. The van der Waals surface area contributed by atoms with Crippen molar-refractivity contribution in [2.24, 2.45) is 0 Å². The minimum absolute atomic E-state index is 0.356. The Morgan fingerprint density at radius 3 is 2.47 bits per heavy atom. The van der Waals surface area contributed by atoms with Crippen molar-refractivity contribution < 1.29 is 5.11 Å². The third-order valence-corrected chi connectivity index (χ3v) is 3.34. The van der Waals surface area contributed by atoms with Crippen molar-refractivity contribution in [1.29, 1.82) is 0 Å². The minimum Gasteiger partial charge on any atom is -0.508 e. The molecule has 1 heterocycles. The van der Waals surface area contributed by atoms with Crippen LogP contribution in [-0.4, -0.2) is 42.7 Å². The van der Waals surface area contributed by atoms with Gasteiger partial charge in [-0.25, -0.2) is 0 Å². The summed E-state index contributed by atoms with van der Waals surface area (Å²) in [5, 5.41) is 12.6. The monoisotopic (exact) mass is 234 g/mol. The zero-order valence-corrected chi connectivity index (χ0v) is 10.4. The number of rotatable bonds is 5. The van der Waals surface area contributed by atoms with Crippen LogP contribution in [0.5, 0.6) is 5.75 Å². The molecule has 1 saturated heterocycles. The van der Waals surface area contributed by atoms with Gasteiger partial charge in [0.2, 0.25) is 0 Å². The molecule has 2 N–H and O–H groups in total. The fourth-order valence-corrected chi connectivity index (χ4v) is 2.26. The number of benzene rings is 1. The first kappa shape index (κ1) is 12.4. The van der Waals surface area contributed by atoms with E-state index in [-0.39, 0.29) is 0 Å². The largest absolute Gasteiger partial charge is 0.508 e. The predicted octanol–water partition coefficient (Wildman–Crippen LogP) is 1.62. The number of piperazine rings is 1. The highest BCUT2D eigenvalue weighted by atomic mass is 16.3. The summed E-state index contributed by atoms with van der Waals surface area (Å²) in [6.45, 7) is 5.88. The van der Waals surface area contributed by atoms with Crippen LogP contribution in [0.2, 0.25) is 0 Å². The Hall–Kier alpha value is -1.06. The number of phenolic OH excluding ortho intramolecular Hbond substituents is 1. The van der Waals surface area contributed by atoms with E-state index in [9.17, 15) is 5.11 Å². The van der Waals surface area contributed by atoms with Crippen molar-refractivity contribution in [2.75, 3.05) is 32.7 Å². The van der Waals surface area contributed by atoms with Gasteiger partial charge in [0.05, 0.1) is 0 Å². The molecule has 0 spiro atoms. The Bertz CT molecular complexity index is 317. The molecule has 0 bridgehead atoms. The molecule has 0 unspecified atom stereocenters. The van der Waals surface area contributed by atoms with E-state index < -0.39 is 0 Å². The number of unbranched alkanes of at least 4 members (excludes halogenated alkanes) is 1. The summed E-state index contributed by atoms with van der Waals surface area (Å²) in [5.41, 5.74) is 1.32. The minimum atomic E-state index is 0.356. The molecule has 0 aromatic heterocycles. The molecule has 94 valence electrons. The van der Waals surface area contributed by atoms with Crippen LogP contribution in [0.3, 0.4) is 0 Å². The molecule has 0 amide bonds. The molecule has 1 aromatic carbocycles. The van der Waals surface area contributed by atoms with Gasteiger partial charge >= 0.3 is 0 Å². The van der Waals surface area contributed by atoms with Crippen LogP contribution < -0.4 is 5.32 Å². The zero-order chi connectivity index (χ0) is 11.9. The Labute approximate surface area is 103 Å². The molecule has 3 heteroatoms. The maximum atomic E-state index is 9.19. The zero-order valence-electron chi connectivity index (χ0n) is 10.4. The summed E-state index contributed by atoms with van der Waals surface area (Å²) in [5.74, 6) is 0.356. The molecule has 17 heavy (non-hydrogen) atoms. The van der Waals surface area contributed by atoms with Crippen molar-refractivity contribution in [1.82, 2.24) is 10.2 Å². The summed E-state index contributed by atoms with van der Waals surface area (Å²) >= 11 is 0. The molecule has 0 aliphatic carbocycles. The molecule has 1 aliphatic heterocycles. The van der Waals surface area contributed by atoms with Crippen molar-refractivity contribution in [3.05, 3.63) is 29.8 Å². The summed E-state index contributed by atoms with van der Waals surface area (Å²) < 4.78 is 0. The topological polar surface area (TPSA) is 35.5 Å². The van der Waals surface area contributed by atoms with E-state index in [1.165, 1.54) is 38.0 Å². The van der Waals surface area contributed by atoms with Gasteiger partial charge in [-0.05, 0) is 43.5 Å². The van der Waals surface area contributed by atoms with Crippen LogP contribution in [0.1, 0.15) is 18.4 Å². The standard InChI is InChI=1S/C14H22N2O/c17-14-6-4-13(5-7-14)3-1-2-10-16-11-8-15-9-12-16/h4-7,15,17H,1-3,8-12H2. The molecule has 2 rings (SSSR count). The Kier molecular flexibility index (Phi) is 4.83. The van der Waals surface area contributed by atoms with E-state index in [1.807, 2.05) is 12.1 Å². The maximum Gasteiger partial charge on any atom is 0.115 e. The van der Waals surface area contributed by atoms with Gasteiger partial charge in [-0.3, -0.25) is 0 Å². The van der Waals surface area contributed by atoms with Gasteiger partial charge in [-0.2, -0.15) is 0 Å². The van der Waals surface area contributed by atoms with Crippen LogP contribution in [0.15, 0.2) is 24.3 Å². The van der Waals surface area contributed by atoms with E-state index in [2.05, 4.69) is 10.2 Å². The molecular weight excluding hydrogens is 212 g/mol. The molecular formula is C14H22N2O. The third-order valence-electron chi connectivity index (χ3n) is 3.34. The molecule has 0 atom stereocenters. The second kappa shape index (κ2) is 6.62. The first-order valence-electron chi connectivity index (χ1n) is 6.55. The lowest BCUT2D eigenvalue weighted by Crippen LogP contribution is -2.43. The van der Waals surface area contributed by atoms with Gasteiger partial charge in [0, 0.05) is 26.2 Å². The fraction of sp³-hybridized carbons (Fsp3) is 0.571. The van der Waals surface area contributed by atoms with Gasteiger partial charge in [-0.1, -0.05) is 12.1 Å². The van der Waals surface area contributed by atoms with Crippen molar-refractivity contribution in [3.63, 3.8) is 0 Å². The average Bonchev–Trinajstić information content (AvgIpc) is 2.38. The molecule has 0 saturated carbocycles. The quantitative estimate of drug-likeness (QED) is 0.760. The number of nitrogens with zero attached hydrogens (tertiary/aromatic N) is 1. The van der Waals surface area contributed by atoms with E-state index in [0.717, 1.165) is 19.5 Å². The number of aryl methyl sites for hydroxylation is 1. The lowest BCUT2D eigenvalue weighted by Gasteiger charge is -2.27. The first-order chi connectivity index (χ1) is 8.34. The smallest absolute Gasteiger partial charge is 0.115 e. The summed E-state index contributed by atoms with van der Waals surface area (Å²) in [7, 11) is 0. The predicted molar refractivity (Wildman–Crippen MR) is 70.4 cm³/mol. The Morgan fingerprint density at radius 2 is 1.76 bits per heavy atom. The Morgan fingerprint density at radius 1 is 1.06 bits per heavy atom. The van der Waals surface area contributed by atoms with Gasteiger partial charge < -0.3 is 15.3 Å². The second-order valence-electron chi connectivity index (χ2n) is 4.72. The highest BCUT2D eigenvalue weighted by Gasteiger charge is 2.07. The summed E-state index contributed by atoms with van der Waals surface area (Å²) in [6.07, 6.45) is 3.61. The Balaban J connectivity index is 1.60. The number of aromatic hydroxyl groups is 1. The van der Waals surface area contributed by atoms with Crippen LogP contribution in [0, 0.1) is 0 Å². The molecule has 3 nitrogen and oxygen atoms in total. The summed E-state index contributed by atoms with van der Waals surface area (Å²) in [6, 6.07) is 7.57. The van der Waals surface area contributed by atoms with Crippen LogP contribution in [-0.2, 0) is 6.42 Å². The maximum absolute atomic E-state index is 9.19. The van der Waals surface area contributed by atoms with E-state index >= 15 is 0 Å². The van der Waals surface area contributed by atoms with Gasteiger partial charge in [0.1, 0.15) is 5.75 Å². The second-order valence-corrected chi connectivity index (χ2v) is 4.72. The van der Waals surface area contributed by atoms with E-state index in [0.29, 0.717) is 5.75 Å². The molecule has 0 radical (unpaired) electrons. The van der Waals surface area contributed by atoms with E-state index in [4.69, 9.17) is 0 Å². The third kappa shape index (κ3) is 4.36. The van der Waals surface area contributed by atoms with Gasteiger partial charge in [0.25, 0.3) is 0 Å². The molecule has 1 fully saturated rings. The van der Waals surface area contributed by atoms with Crippen LogP contribution in [0.4, 0.5) is 0 Å². The average molecular weight is 234 g/mol. The van der Waals surface area contributed by atoms with Gasteiger partial charge in [-0.15, -0.1) is 0 Å². The lowest BCUT2D eigenvalue weighted by atomic mass is 10.1. The fourth-order valence-electron chi connectivity index (χ4n) is 2.26. The van der Waals surface area contributed by atoms with Crippen molar-refractivity contribution in [3.8, 4) is 5.75 Å². The number of nitrogens with one attached hydrogen (secondary N) is 1. The number of hydrogen-bond donors (Lipinski definition) is 2. The van der Waals surface area contributed by atoms with Crippen molar-refractivity contribution in [2.45, 2.75) is 19.3 Å². The first-order valence-corrected chi connectivity index (χ1v) is 6.55. The van der Waals surface area contributed by atoms with Crippen molar-refractivity contribution >= 4 is 0 Å². The van der Waals surface area contributed by atoms with Crippen LogP contribution in [0.25, 0.3) is 0 Å². The molecule has 1 aliphatic rings. The normalized spacial score (nSPS) is 17.2. The van der Waals surface area contributed by atoms with Crippen LogP contribution >= 0.6 is 0 Å². The summed E-state index contributed by atoms with van der Waals surface area (Å²) in [4.78, 5) is 2.54. The molecule has 1 aromatic rings. The number of hydrogen-bond acceptors (Lipinski definition) is 3. The highest BCUT2D eigenvalue weighted by Crippen LogP contribution is 2.12. The van der Waals surface area contributed by atoms with E-state index in [1.54, 1.807) is 12.1 Å². The van der Waals surface area contributed by atoms with Gasteiger partial charge in [0.15, 0.2) is 0 Å². The highest BCUT2D eigenvalue weighted by molar-refractivity contribution is 5.25. The number of phenols is 1.